The molecule has 0 radical (unpaired) electrons. The van der Waals surface area contributed by atoms with E-state index < -0.39 is 17.4 Å². The topological polar surface area (TPSA) is 66.4 Å². The van der Waals surface area contributed by atoms with E-state index in [0.29, 0.717) is 39.6 Å². The van der Waals surface area contributed by atoms with E-state index in [1.165, 1.54) is 0 Å². The number of phenols is 1. The average molecular weight is 336 g/mol. The van der Waals surface area contributed by atoms with Crippen molar-refractivity contribution in [3.63, 3.8) is 0 Å². The van der Waals surface area contributed by atoms with Crippen molar-refractivity contribution >= 4 is 0 Å². The molecule has 0 unspecified atom stereocenters. The zero-order chi connectivity index (χ0) is 16.9. The molecule has 0 fully saturated rings. The molecule has 0 aromatic heterocycles. The van der Waals surface area contributed by atoms with Crippen LogP contribution in [0.1, 0.15) is 0 Å². The Balaban J connectivity index is 1.96. The van der Waals surface area contributed by atoms with Crippen LogP contribution in [0.2, 0.25) is 0 Å². The molecule has 6 nitrogen and oxygen atoms in total. The van der Waals surface area contributed by atoms with Gasteiger partial charge in [0, 0.05) is 19.2 Å². The minimum Gasteiger partial charge on any atom is -0.505 e. The van der Waals surface area contributed by atoms with Crippen LogP contribution in [0.3, 0.4) is 0 Å². The van der Waals surface area contributed by atoms with E-state index in [1.807, 2.05) is 0 Å². The lowest BCUT2D eigenvalue weighted by atomic mass is 10.3. The molecule has 0 aliphatic heterocycles. The quantitative estimate of drug-likeness (QED) is 0.554. The molecule has 1 rings (SSSR count). The van der Waals surface area contributed by atoms with Crippen LogP contribution in [0.15, 0.2) is 12.1 Å². The van der Waals surface area contributed by atoms with Crippen LogP contribution >= 0.6 is 0 Å². The molecule has 1 aromatic rings. The number of hydrogen-bond acceptors (Lipinski definition) is 6. The Morgan fingerprint density at radius 1 is 0.826 bits per heavy atom. The molecule has 0 bridgehead atoms. The van der Waals surface area contributed by atoms with Gasteiger partial charge in [0.05, 0.1) is 46.2 Å². The van der Waals surface area contributed by atoms with Gasteiger partial charge in [-0.15, -0.1) is 0 Å². The fourth-order valence-corrected chi connectivity index (χ4v) is 1.54. The first-order valence-electron chi connectivity index (χ1n) is 7.18. The van der Waals surface area contributed by atoms with Gasteiger partial charge in [0.15, 0.2) is 11.6 Å². The lowest BCUT2D eigenvalue weighted by Crippen LogP contribution is -2.13. The zero-order valence-electron chi connectivity index (χ0n) is 13.1. The molecule has 1 N–H and O–H groups in total. The second-order valence-corrected chi connectivity index (χ2v) is 4.42. The highest BCUT2D eigenvalue weighted by molar-refractivity contribution is 5.34. The van der Waals surface area contributed by atoms with E-state index in [-0.39, 0.29) is 19.0 Å². The summed E-state index contributed by atoms with van der Waals surface area (Å²) in [6, 6.07) is 1.87. The number of halogens is 2. The van der Waals surface area contributed by atoms with Crippen LogP contribution in [-0.2, 0) is 18.9 Å². The molecule has 23 heavy (non-hydrogen) atoms. The third-order valence-corrected chi connectivity index (χ3v) is 2.65. The summed E-state index contributed by atoms with van der Waals surface area (Å²) in [5.41, 5.74) is 0. The van der Waals surface area contributed by atoms with Crippen molar-refractivity contribution in [2.45, 2.75) is 0 Å². The minimum atomic E-state index is -1.29. The molecule has 0 aliphatic carbocycles. The summed E-state index contributed by atoms with van der Waals surface area (Å²) >= 11 is 0. The maximum absolute atomic E-state index is 13.0. The summed E-state index contributed by atoms with van der Waals surface area (Å²) in [6.07, 6.45) is 0. The van der Waals surface area contributed by atoms with Crippen LogP contribution in [-0.4, -0.2) is 65.1 Å². The van der Waals surface area contributed by atoms with Gasteiger partial charge < -0.3 is 28.8 Å². The van der Waals surface area contributed by atoms with Gasteiger partial charge >= 0.3 is 0 Å². The SMILES string of the molecule is COCCOCCOCCOCCOc1cc(O)c(F)c(F)c1. The maximum atomic E-state index is 13.0. The van der Waals surface area contributed by atoms with Crippen molar-refractivity contribution in [2.24, 2.45) is 0 Å². The number of hydrogen-bond donors (Lipinski definition) is 1. The number of phenolic OH excluding ortho intramolecular Hbond substituents is 1. The maximum Gasteiger partial charge on any atom is 0.200 e. The standard InChI is InChI=1S/C15H22F2O6/c1-19-2-3-20-4-5-21-6-7-22-8-9-23-12-10-13(16)15(17)14(18)11-12/h10-11,18H,2-9H2,1H3. The Morgan fingerprint density at radius 2 is 1.35 bits per heavy atom. The Bertz CT molecular complexity index is 421. The first-order chi connectivity index (χ1) is 11.1. The molecule has 0 heterocycles. The van der Waals surface area contributed by atoms with E-state index >= 15 is 0 Å². The predicted molar refractivity (Wildman–Crippen MR) is 77.9 cm³/mol. The Labute approximate surface area is 133 Å². The van der Waals surface area contributed by atoms with E-state index in [2.05, 4.69) is 0 Å². The highest BCUT2D eigenvalue weighted by Gasteiger charge is 2.10. The second kappa shape index (κ2) is 12.0. The number of benzene rings is 1. The number of methoxy groups -OCH3 is 1. The van der Waals surface area contributed by atoms with Crippen molar-refractivity contribution in [3.8, 4) is 11.5 Å². The van der Waals surface area contributed by atoms with Gasteiger partial charge in [-0.05, 0) is 0 Å². The molecule has 1 aromatic carbocycles. The zero-order valence-corrected chi connectivity index (χ0v) is 13.1. The first kappa shape index (κ1) is 19.6. The Morgan fingerprint density at radius 3 is 1.87 bits per heavy atom. The number of ether oxygens (including phenoxy) is 5. The van der Waals surface area contributed by atoms with Crippen LogP contribution in [0.25, 0.3) is 0 Å². The van der Waals surface area contributed by atoms with Crippen LogP contribution in [0.5, 0.6) is 11.5 Å². The van der Waals surface area contributed by atoms with Crippen molar-refractivity contribution in [3.05, 3.63) is 23.8 Å². The van der Waals surface area contributed by atoms with Gasteiger partial charge in [-0.25, -0.2) is 4.39 Å². The molecule has 0 amide bonds. The summed E-state index contributed by atoms with van der Waals surface area (Å²) in [5, 5.41) is 9.11. The minimum absolute atomic E-state index is 0.0365. The van der Waals surface area contributed by atoms with E-state index in [9.17, 15) is 8.78 Å². The Hall–Kier alpha value is -1.48. The lowest BCUT2D eigenvalue weighted by Gasteiger charge is -2.09. The van der Waals surface area contributed by atoms with Crippen molar-refractivity contribution in [2.75, 3.05) is 60.0 Å². The molecule has 132 valence electrons. The second-order valence-electron chi connectivity index (χ2n) is 4.42. The molecule has 0 aliphatic rings. The first-order valence-corrected chi connectivity index (χ1v) is 7.18. The van der Waals surface area contributed by atoms with Crippen molar-refractivity contribution < 1.29 is 37.6 Å². The monoisotopic (exact) mass is 336 g/mol. The molecular weight excluding hydrogens is 314 g/mol. The molecule has 0 saturated heterocycles. The summed E-state index contributed by atoms with van der Waals surface area (Å²) in [5.74, 6) is -3.21. The van der Waals surface area contributed by atoms with E-state index in [0.717, 1.165) is 12.1 Å². The predicted octanol–water partition coefficient (Wildman–Crippen LogP) is 1.75. The summed E-state index contributed by atoms with van der Waals surface area (Å²) in [7, 11) is 1.61. The van der Waals surface area contributed by atoms with Crippen molar-refractivity contribution in [1.82, 2.24) is 0 Å². The molecule has 0 atom stereocenters. The number of rotatable bonds is 13. The third-order valence-electron chi connectivity index (χ3n) is 2.65. The number of aromatic hydroxyl groups is 1. The summed E-state index contributed by atoms with van der Waals surface area (Å²) < 4.78 is 51.5. The fourth-order valence-electron chi connectivity index (χ4n) is 1.54. The van der Waals surface area contributed by atoms with Gasteiger partial charge in [0.25, 0.3) is 0 Å². The molecule has 0 saturated carbocycles. The normalized spacial score (nSPS) is 10.9. The smallest absolute Gasteiger partial charge is 0.200 e. The van der Waals surface area contributed by atoms with Gasteiger partial charge in [-0.2, -0.15) is 4.39 Å². The lowest BCUT2D eigenvalue weighted by molar-refractivity contribution is 0.000143. The van der Waals surface area contributed by atoms with Crippen LogP contribution < -0.4 is 4.74 Å². The van der Waals surface area contributed by atoms with E-state index in [1.54, 1.807) is 7.11 Å². The molecule has 8 heteroatoms. The van der Waals surface area contributed by atoms with Gasteiger partial charge in [-0.1, -0.05) is 0 Å². The summed E-state index contributed by atoms with van der Waals surface area (Å²) in [4.78, 5) is 0. The Kier molecular flexibility index (Phi) is 10.2. The van der Waals surface area contributed by atoms with Crippen LogP contribution in [0.4, 0.5) is 8.78 Å². The van der Waals surface area contributed by atoms with Gasteiger partial charge in [0.2, 0.25) is 5.82 Å². The van der Waals surface area contributed by atoms with Crippen molar-refractivity contribution in [1.29, 1.82) is 0 Å². The average Bonchev–Trinajstić information content (AvgIpc) is 2.53. The molecular formula is C15H22F2O6. The highest BCUT2D eigenvalue weighted by Crippen LogP contribution is 2.25. The molecule has 0 spiro atoms. The van der Waals surface area contributed by atoms with Gasteiger partial charge in [-0.3, -0.25) is 0 Å². The van der Waals surface area contributed by atoms with Crippen LogP contribution in [0, 0.1) is 11.6 Å². The fraction of sp³-hybridized carbons (Fsp3) is 0.600. The largest absolute Gasteiger partial charge is 0.505 e. The van der Waals surface area contributed by atoms with E-state index in [4.69, 9.17) is 28.8 Å². The third kappa shape index (κ3) is 8.65. The van der Waals surface area contributed by atoms with Gasteiger partial charge in [0.1, 0.15) is 12.4 Å². The summed E-state index contributed by atoms with van der Waals surface area (Å²) in [6.45, 7) is 3.25. The highest BCUT2D eigenvalue weighted by atomic mass is 19.2.